The highest BCUT2D eigenvalue weighted by molar-refractivity contribution is 7.99. The van der Waals surface area contributed by atoms with Crippen LogP contribution in [0.2, 0.25) is 0 Å². The van der Waals surface area contributed by atoms with Crippen molar-refractivity contribution in [2.45, 2.75) is 43.5 Å². The van der Waals surface area contributed by atoms with E-state index in [1.807, 2.05) is 72.8 Å². The van der Waals surface area contributed by atoms with Gasteiger partial charge in [-0.15, -0.1) is 11.8 Å². The van der Waals surface area contributed by atoms with Gasteiger partial charge < -0.3 is 29.4 Å². The summed E-state index contributed by atoms with van der Waals surface area (Å²) in [5.41, 5.74) is 5.88. The fourth-order valence-electron chi connectivity index (χ4n) is 5.27. The number of hydrogen-bond donors (Lipinski definition) is 2. The number of hydrogen-bond acceptors (Lipinski definition) is 7. The third kappa shape index (κ3) is 8.35. The van der Waals surface area contributed by atoms with Gasteiger partial charge in [-0.2, -0.15) is 0 Å². The molecule has 5 rings (SSSR count). The van der Waals surface area contributed by atoms with Gasteiger partial charge in [-0.3, -0.25) is 0 Å². The summed E-state index contributed by atoms with van der Waals surface area (Å²) in [6.45, 7) is 6.25. The van der Waals surface area contributed by atoms with Gasteiger partial charge in [-0.1, -0.05) is 98.4 Å². The fraction of sp³-hybridized carbons (Fsp3) is 0.270. The van der Waals surface area contributed by atoms with Crippen molar-refractivity contribution in [3.63, 3.8) is 0 Å². The SMILES string of the molecule is C=CCOC(=O)NCc1cccc(-c2ccc(C3OC(CSc4ccccc4OC)C(C)C(c4ccc(CO)cc4)O3)cc2)c1. The molecule has 1 fully saturated rings. The first kappa shape index (κ1) is 32.3. The molecule has 0 bridgehead atoms. The van der Waals surface area contributed by atoms with E-state index in [1.54, 1.807) is 18.9 Å². The number of alkyl carbamates (subject to hydrolysis) is 1. The predicted octanol–water partition coefficient (Wildman–Crippen LogP) is 7.85. The molecule has 1 heterocycles. The summed E-state index contributed by atoms with van der Waals surface area (Å²) in [6, 6.07) is 32.2. The minimum absolute atomic E-state index is 0.000686. The second kappa shape index (κ2) is 15.8. The number of benzene rings is 4. The van der Waals surface area contributed by atoms with E-state index in [2.05, 4.69) is 43.1 Å². The van der Waals surface area contributed by atoms with Crippen LogP contribution in [0.1, 0.15) is 41.6 Å². The number of carbonyl (C=O) groups excluding carboxylic acids is 1. The molecular formula is C37H39NO6S. The lowest BCUT2D eigenvalue weighted by Gasteiger charge is -2.41. The smallest absolute Gasteiger partial charge is 0.407 e. The van der Waals surface area contributed by atoms with Crippen LogP contribution in [-0.4, -0.2) is 36.8 Å². The van der Waals surface area contributed by atoms with Crippen LogP contribution in [0.15, 0.2) is 115 Å². The molecule has 1 amide bonds. The van der Waals surface area contributed by atoms with Gasteiger partial charge in [0.15, 0.2) is 6.29 Å². The Kier molecular flexibility index (Phi) is 11.3. The number of rotatable bonds is 12. The number of aliphatic hydroxyl groups is 1. The lowest BCUT2D eigenvalue weighted by Crippen LogP contribution is -2.38. The molecule has 4 aromatic carbocycles. The van der Waals surface area contributed by atoms with Crippen LogP contribution in [-0.2, 0) is 27.4 Å². The Hall–Kier alpha value is -4.08. The van der Waals surface area contributed by atoms with Crippen molar-refractivity contribution < 1.29 is 28.8 Å². The Morgan fingerprint density at radius 3 is 2.42 bits per heavy atom. The van der Waals surface area contributed by atoms with E-state index >= 15 is 0 Å². The summed E-state index contributed by atoms with van der Waals surface area (Å²) in [5, 5.41) is 12.3. The number of carbonyl (C=O) groups is 1. The molecule has 45 heavy (non-hydrogen) atoms. The molecule has 7 nitrogen and oxygen atoms in total. The molecule has 234 valence electrons. The van der Waals surface area contributed by atoms with Gasteiger partial charge in [0.2, 0.25) is 0 Å². The molecular weight excluding hydrogens is 586 g/mol. The van der Waals surface area contributed by atoms with E-state index in [1.165, 1.54) is 6.08 Å². The molecule has 4 atom stereocenters. The Balaban J connectivity index is 1.33. The quantitative estimate of drug-likeness (QED) is 0.123. The highest BCUT2D eigenvalue weighted by Crippen LogP contribution is 2.44. The average Bonchev–Trinajstić information content (AvgIpc) is 3.09. The second-order valence-electron chi connectivity index (χ2n) is 10.8. The largest absolute Gasteiger partial charge is 0.496 e. The molecule has 0 saturated carbocycles. The van der Waals surface area contributed by atoms with Gasteiger partial charge >= 0.3 is 6.09 Å². The van der Waals surface area contributed by atoms with Crippen LogP contribution in [0.3, 0.4) is 0 Å². The number of nitrogens with one attached hydrogen (secondary N) is 1. The molecule has 0 aliphatic carbocycles. The summed E-state index contributed by atoms with van der Waals surface area (Å²) >= 11 is 1.72. The van der Waals surface area contributed by atoms with Crippen LogP contribution in [0, 0.1) is 5.92 Å². The second-order valence-corrected chi connectivity index (χ2v) is 11.9. The van der Waals surface area contributed by atoms with Gasteiger partial charge in [-0.05, 0) is 46.0 Å². The van der Waals surface area contributed by atoms with Crippen LogP contribution in [0.25, 0.3) is 11.1 Å². The summed E-state index contributed by atoms with van der Waals surface area (Å²) in [5.74, 6) is 1.65. The summed E-state index contributed by atoms with van der Waals surface area (Å²) in [6.07, 6.45) is 0.210. The fourth-order valence-corrected chi connectivity index (χ4v) is 6.47. The highest BCUT2D eigenvalue weighted by Gasteiger charge is 2.38. The first-order valence-corrected chi connectivity index (χ1v) is 15.9. The van der Waals surface area contributed by atoms with Gasteiger partial charge in [0.05, 0.1) is 25.9 Å². The Morgan fingerprint density at radius 2 is 1.69 bits per heavy atom. The molecule has 2 N–H and O–H groups in total. The Morgan fingerprint density at radius 1 is 0.933 bits per heavy atom. The van der Waals surface area contributed by atoms with Crippen molar-refractivity contribution in [3.05, 3.63) is 132 Å². The number of methoxy groups -OCH3 is 1. The standard InChI is InChI=1S/C37H39NO6S/c1-4-20-42-37(40)38-22-27-8-7-9-31(21-27)28-16-18-30(19-17-28)36-43-33(24-45-34-11-6-5-10-32(34)41-3)25(2)35(44-36)29-14-12-26(23-39)13-15-29/h4-19,21,25,33,35-36,39H,1,20,22-24H2,2-3H3,(H,38,40). The summed E-state index contributed by atoms with van der Waals surface area (Å²) in [4.78, 5) is 12.9. The molecule has 0 radical (unpaired) electrons. The zero-order chi connectivity index (χ0) is 31.6. The zero-order valence-corrected chi connectivity index (χ0v) is 26.4. The van der Waals surface area contributed by atoms with Gasteiger partial charge in [0.1, 0.15) is 12.4 Å². The van der Waals surface area contributed by atoms with Crippen molar-refractivity contribution in [1.29, 1.82) is 0 Å². The van der Waals surface area contributed by atoms with Crippen LogP contribution < -0.4 is 10.1 Å². The highest BCUT2D eigenvalue weighted by atomic mass is 32.2. The van der Waals surface area contributed by atoms with Crippen molar-refractivity contribution in [1.82, 2.24) is 5.32 Å². The Bertz CT molecular complexity index is 1560. The van der Waals surface area contributed by atoms with Crippen LogP contribution in [0.4, 0.5) is 4.79 Å². The van der Waals surface area contributed by atoms with Crippen molar-refractivity contribution >= 4 is 17.9 Å². The van der Waals surface area contributed by atoms with Gasteiger partial charge in [0, 0.05) is 28.7 Å². The van der Waals surface area contributed by atoms with E-state index in [0.717, 1.165) is 49.8 Å². The molecule has 1 aliphatic heterocycles. The average molecular weight is 626 g/mol. The minimum atomic E-state index is -0.557. The van der Waals surface area contributed by atoms with Gasteiger partial charge in [0.25, 0.3) is 0 Å². The zero-order valence-electron chi connectivity index (χ0n) is 25.6. The van der Waals surface area contributed by atoms with E-state index in [9.17, 15) is 9.90 Å². The Labute approximate surface area is 269 Å². The lowest BCUT2D eigenvalue weighted by molar-refractivity contribution is -0.268. The molecule has 4 unspecified atom stereocenters. The summed E-state index contributed by atoms with van der Waals surface area (Å²) < 4.78 is 23.9. The molecule has 0 aromatic heterocycles. The van der Waals surface area contributed by atoms with Crippen molar-refractivity contribution in [2.24, 2.45) is 5.92 Å². The van der Waals surface area contributed by atoms with E-state index in [-0.39, 0.29) is 31.3 Å². The first-order chi connectivity index (χ1) is 22.0. The normalized spacial score (nSPS) is 19.4. The monoisotopic (exact) mass is 625 g/mol. The number of para-hydroxylation sites is 1. The maximum Gasteiger partial charge on any atom is 0.407 e. The third-order valence-corrected chi connectivity index (χ3v) is 8.95. The molecule has 8 heteroatoms. The first-order valence-electron chi connectivity index (χ1n) is 15.0. The summed E-state index contributed by atoms with van der Waals surface area (Å²) in [7, 11) is 1.69. The topological polar surface area (TPSA) is 86.3 Å². The van der Waals surface area contributed by atoms with Crippen LogP contribution >= 0.6 is 11.8 Å². The lowest BCUT2D eigenvalue weighted by atomic mass is 9.91. The van der Waals surface area contributed by atoms with Crippen LogP contribution in [0.5, 0.6) is 5.75 Å². The van der Waals surface area contributed by atoms with E-state index < -0.39 is 12.4 Å². The number of aliphatic hydroxyl groups excluding tert-OH is 1. The van der Waals surface area contributed by atoms with Crippen molar-refractivity contribution in [2.75, 3.05) is 19.5 Å². The van der Waals surface area contributed by atoms with E-state index in [0.29, 0.717) is 6.54 Å². The van der Waals surface area contributed by atoms with Crippen molar-refractivity contribution in [3.8, 4) is 16.9 Å². The van der Waals surface area contributed by atoms with Gasteiger partial charge in [-0.25, -0.2) is 4.79 Å². The minimum Gasteiger partial charge on any atom is -0.496 e. The number of ether oxygens (including phenoxy) is 4. The molecule has 1 saturated heterocycles. The number of amides is 1. The molecule has 4 aromatic rings. The van der Waals surface area contributed by atoms with E-state index in [4.69, 9.17) is 18.9 Å². The number of thioether (sulfide) groups is 1. The maximum atomic E-state index is 11.8. The predicted molar refractivity (Wildman–Crippen MR) is 177 cm³/mol. The third-order valence-electron chi connectivity index (χ3n) is 7.81. The molecule has 1 aliphatic rings. The molecule has 0 spiro atoms. The maximum absolute atomic E-state index is 11.8.